The van der Waals surface area contributed by atoms with E-state index in [1.165, 1.54) is 12.1 Å². The molecule has 1 atom stereocenters. The molecule has 1 amide bonds. The molecule has 9 heteroatoms. The van der Waals surface area contributed by atoms with E-state index in [0.29, 0.717) is 11.1 Å². The lowest BCUT2D eigenvalue weighted by Gasteiger charge is -2.20. The van der Waals surface area contributed by atoms with E-state index in [1.54, 1.807) is 31.2 Å². The van der Waals surface area contributed by atoms with Crippen LogP contribution in [0.2, 0.25) is 0 Å². The van der Waals surface area contributed by atoms with E-state index in [0.717, 1.165) is 24.3 Å². The van der Waals surface area contributed by atoms with Gasteiger partial charge in [-0.2, -0.15) is 0 Å². The van der Waals surface area contributed by atoms with Gasteiger partial charge in [0.2, 0.25) is 0 Å². The fraction of sp³-hybridized carbons (Fsp3) is 0.167. The summed E-state index contributed by atoms with van der Waals surface area (Å²) in [5, 5.41) is 10.0. The molecular weight excluding hydrogens is 435 g/mol. The van der Waals surface area contributed by atoms with E-state index >= 15 is 4.39 Å². The summed E-state index contributed by atoms with van der Waals surface area (Å²) in [5.74, 6) is -3.60. The summed E-state index contributed by atoms with van der Waals surface area (Å²) in [6.45, 7) is 1.68. The second kappa shape index (κ2) is 10.6. The van der Waals surface area contributed by atoms with E-state index in [1.807, 2.05) is 0 Å². The van der Waals surface area contributed by atoms with Crippen molar-refractivity contribution in [3.63, 3.8) is 0 Å². The lowest BCUT2D eigenvalue weighted by atomic mass is 10.1. The number of halogens is 3. The number of nitrogen functional groups attached to an aromatic ring is 1. The Bertz CT molecular complexity index is 1140. The van der Waals surface area contributed by atoms with Crippen molar-refractivity contribution in [3.8, 4) is 11.5 Å². The molecule has 3 aromatic rings. The first-order valence-electron chi connectivity index (χ1n) is 10.0. The molecule has 0 saturated carbocycles. The second-order valence-corrected chi connectivity index (χ2v) is 6.99. The lowest BCUT2D eigenvalue weighted by molar-refractivity contribution is -0.133. The monoisotopic (exact) mass is 457 g/mol. The largest absolute Gasteiger partial charge is 0.454 e. The fourth-order valence-electron chi connectivity index (χ4n) is 3.04. The average molecular weight is 457 g/mol. The number of nitrogens with two attached hydrogens (primary N) is 1. The Labute approximate surface area is 188 Å². The van der Waals surface area contributed by atoms with Gasteiger partial charge in [0.25, 0.3) is 5.91 Å². The summed E-state index contributed by atoms with van der Waals surface area (Å²) in [5.41, 5.74) is 6.04. The van der Waals surface area contributed by atoms with Gasteiger partial charge in [-0.05, 0) is 48.9 Å². The molecule has 4 N–H and O–H groups in total. The number of benzene rings is 3. The van der Waals surface area contributed by atoms with Crippen molar-refractivity contribution in [1.29, 1.82) is 5.41 Å². The highest BCUT2D eigenvalue weighted by Gasteiger charge is 2.30. The minimum atomic E-state index is -1.57. The minimum Gasteiger partial charge on any atom is -0.454 e. The summed E-state index contributed by atoms with van der Waals surface area (Å²) in [6.07, 6.45) is -1.57. The van der Waals surface area contributed by atoms with E-state index in [2.05, 4.69) is 5.32 Å². The van der Waals surface area contributed by atoms with E-state index in [-0.39, 0.29) is 30.5 Å². The summed E-state index contributed by atoms with van der Waals surface area (Å²) >= 11 is 0. The summed E-state index contributed by atoms with van der Waals surface area (Å²) in [7, 11) is 0. The zero-order chi connectivity index (χ0) is 24.0. The molecule has 0 spiro atoms. The average Bonchev–Trinajstić information content (AvgIpc) is 2.80. The highest BCUT2D eigenvalue weighted by molar-refractivity contribution is 5.94. The predicted molar refractivity (Wildman–Crippen MR) is 117 cm³/mol. The molecule has 0 aromatic heterocycles. The molecule has 0 radical (unpaired) electrons. The van der Waals surface area contributed by atoms with Gasteiger partial charge in [-0.15, -0.1) is 0 Å². The number of nitrogens with one attached hydrogen (secondary N) is 2. The van der Waals surface area contributed by atoms with Gasteiger partial charge in [-0.3, -0.25) is 10.2 Å². The number of hydrogen-bond donors (Lipinski definition) is 3. The zero-order valence-electron chi connectivity index (χ0n) is 17.7. The van der Waals surface area contributed by atoms with Crippen LogP contribution in [0.3, 0.4) is 0 Å². The van der Waals surface area contributed by atoms with Crippen LogP contribution in [0.1, 0.15) is 29.7 Å². The maximum Gasteiger partial charge on any atom is 0.254 e. The van der Waals surface area contributed by atoms with Crippen LogP contribution in [0.25, 0.3) is 0 Å². The number of amides is 1. The molecule has 6 nitrogen and oxygen atoms in total. The van der Waals surface area contributed by atoms with E-state index in [9.17, 15) is 13.6 Å². The molecular formula is C24H22F3N3O3. The van der Waals surface area contributed by atoms with Gasteiger partial charge in [0.1, 0.15) is 23.2 Å². The molecule has 3 aromatic carbocycles. The molecule has 1 unspecified atom stereocenters. The Kier molecular flexibility index (Phi) is 7.68. The molecule has 0 bridgehead atoms. The number of ether oxygens (including phenoxy) is 2. The number of carbonyl (C=O) groups is 1. The SMILES string of the molecule is CCOC(C(=O)NCc1ccc(C(=N)N)cc1)c1c(F)ccc(Oc2ccc(F)cc2)c1F. The van der Waals surface area contributed by atoms with Crippen LogP contribution in [-0.4, -0.2) is 18.3 Å². The Morgan fingerprint density at radius 1 is 1.03 bits per heavy atom. The maximum atomic E-state index is 15.2. The second-order valence-electron chi connectivity index (χ2n) is 6.99. The van der Waals surface area contributed by atoms with Crippen molar-refractivity contribution >= 4 is 11.7 Å². The van der Waals surface area contributed by atoms with Crippen LogP contribution in [0, 0.1) is 22.9 Å². The van der Waals surface area contributed by atoms with Gasteiger partial charge in [0.15, 0.2) is 17.7 Å². The van der Waals surface area contributed by atoms with Crippen LogP contribution in [0.5, 0.6) is 11.5 Å². The Morgan fingerprint density at radius 3 is 2.30 bits per heavy atom. The molecule has 0 aliphatic heterocycles. The quantitative estimate of drug-likeness (QED) is 0.324. The van der Waals surface area contributed by atoms with Gasteiger partial charge in [0.05, 0.1) is 5.56 Å². The smallest absolute Gasteiger partial charge is 0.254 e. The van der Waals surface area contributed by atoms with Crippen molar-refractivity contribution in [2.45, 2.75) is 19.6 Å². The minimum absolute atomic E-state index is 0.0212. The standard InChI is InChI=1S/C24H22F3N3O3/c1-2-32-22(24(31)30-13-14-3-5-15(6-4-14)23(28)29)20-18(26)11-12-19(21(20)27)33-17-9-7-16(25)8-10-17/h3-12,22H,2,13H2,1H3,(H3,28,29)(H,30,31). The first kappa shape index (κ1) is 23.8. The summed E-state index contributed by atoms with van der Waals surface area (Å²) < 4.78 is 53.7. The summed E-state index contributed by atoms with van der Waals surface area (Å²) in [6, 6.07) is 13.5. The fourth-order valence-corrected chi connectivity index (χ4v) is 3.04. The van der Waals surface area contributed by atoms with Crippen LogP contribution >= 0.6 is 0 Å². The normalized spacial score (nSPS) is 11.6. The maximum absolute atomic E-state index is 15.2. The topological polar surface area (TPSA) is 97.4 Å². The lowest BCUT2D eigenvalue weighted by Crippen LogP contribution is -2.31. The Morgan fingerprint density at radius 2 is 1.70 bits per heavy atom. The van der Waals surface area contributed by atoms with Gasteiger partial charge in [0, 0.05) is 18.7 Å². The number of rotatable bonds is 9. The van der Waals surface area contributed by atoms with E-state index in [4.69, 9.17) is 20.6 Å². The first-order chi connectivity index (χ1) is 15.8. The van der Waals surface area contributed by atoms with E-state index < -0.39 is 35.0 Å². The van der Waals surface area contributed by atoms with Crippen molar-refractivity contribution in [3.05, 3.63) is 94.8 Å². The Balaban J connectivity index is 1.81. The van der Waals surface area contributed by atoms with Gasteiger partial charge < -0.3 is 20.5 Å². The van der Waals surface area contributed by atoms with Crippen molar-refractivity contribution < 1.29 is 27.4 Å². The third-order valence-electron chi connectivity index (χ3n) is 4.70. The third kappa shape index (κ3) is 5.89. The molecule has 0 aliphatic rings. The van der Waals surface area contributed by atoms with Crippen LogP contribution in [0.15, 0.2) is 60.7 Å². The zero-order valence-corrected chi connectivity index (χ0v) is 17.7. The molecule has 0 saturated heterocycles. The number of carbonyl (C=O) groups excluding carboxylic acids is 1. The highest BCUT2D eigenvalue weighted by atomic mass is 19.1. The van der Waals surface area contributed by atoms with Gasteiger partial charge in [-0.1, -0.05) is 24.3 Å². The van der Waals surface area contributed by atoms with Crippen molar-refractivity contribution in [2.75, 3.05) is 6.61 Å². The molecule has 3 rings (SSSR count). The molecule has 33 heavy (non-hydrogen) atoms. The van der Waals surface area contributed by atoms with Gasteiger partial charge >= 0.3 is 0 Å². The van der Waals surface area contributed by atoms with Crippen LogP contribution < -0.4 is 15.8 Å². The molecule has 172 valence electrons. The van der Waals surface area contributed by atoms with Crippen LogP contribution in [0.4, 0.5) is 13.2 Å². The van der Waals surface area contributed by atoms with Crippen LogP contribution in [-0.2, 0) is 16.1 Å². The molecule has 0 aliphatic carbocycles. The van der Waals surface area contributed by atoms with Gasteiger partial charge in [-0.25, -0.2) is 13.2 Å². The third-order valence-corrected chi connectivity index (χ3v) is 4.70. The predicted octanol–water partition coefficient (Wildman–Crippen LogP) is 4.57. The number of hydrogen-bond acceptors (Lipinski definition) is 4. The number of amidine groups is 1. The summed E-state index contributed by atoms with van der Waals surface area (Å²) in [4.78, 5) is 12.8. The first-order valence-corrected chi connectivity index (χ1v) is 10.0. The molecule has 0 fully saturated rings. The van der Waals surface area contributed by atoms with Crippen molar-refractivity contribution in [1.82, 2.24) is 5.32 Å². The molecule has 0 heterocycles. The Hall–Kier alpha value is -3.85. The van der Waals surface area contributed by atoms with Crippen molar-refractivity contribution in [2.24, 2.45) is 5.73 Å². The highest BCUT2D eigenvalue weighted by Crippen LogP contribution is 2.33.